The van der Waals surface area contributed by atoms with Gasteiger partial charge in [0.25, 0.3) is 5.56 Å². The number of H-pyrrole nitrogens is 1. The molecule has 2 aromatic rings. The molecule has 2 N–H and O–H groups in total. The van der Waals surface area contributed by atoms with Crippen LogP contribution in [0.15, 0.2) is 35.1 Å². The maximum Gasteiger partial charge on any atom is 0.252 e. The topological polar surface area (TPSA) is 81.6 Å². The third-order valence-electron chi connectivity index (χ3n) is 3.21. The number of nitrogens with one attached hydrogen (secondary N) is 2. The Morgan fingerprint density at radius 1 is 1.24 bits per heavy atom. The molecule has 0 aliphatic heterocycles. The van der Waals surface area contributed by atoms with Crippen molar-refractivity contribution in [3.05, 3.63) is 57.6 Å². The lowest BCUT2D eigenvalue weighted by Crippen LogP contribution is -2.16. The van der Waals surface area contributed by atoms with Crippen molar-refractivity contribution < 1.29 is 0 Å². The molecule has 0 bridgehead atoms. The molecule has 2 rings (SSSR count). The first-order chi connectivity index (χ1) is 9.99. The van der Waals surface area contributed by atoms with Crippen LogP contribution >= 0.6 is 0 Å². The van der Waals surface area contributed by atoms with Crippen molar-refractivity contribution in [3.63, 3.8) is 0 Å². The highest BCUT2D eigenvalue weighted by Gasteiger charge is 2.09. The molecule has 1 heterocycles. The molecule has 1 aromatic carbocycles. The molecular formula is C16H18N4O. The molecule has 1 atom stereocenters. The smallest absolute Gasteiger partial charge is 0.252 e. The molecule has 0 fully saturated rings. The molecule has 21 heavy (non-hydrogen) atoms. The van der Waals surface area contributed by atoms with Gasteiger partial charge in [-0.3, -0.25) is 4.79 Å². The van der Waals surface area contributed by atoms with Gasteiger partial charge in [-0.15, -0.1) is 0 Å². The second-order valence-corrected chi connectivity index (χ2v) is 5.27. The second kappa shape index (κ2) is 6.23. The van der Waals surface area contributed by atoms with Crippen LogP contribution in [0.3, 0.4) is 0 Å². The van der Waals surface area contributed by atoms with E-state index in [9.17, 15) is 4.79 Å². The first-order valence-electron chi connectivity index (χ1n) is 6.87. The predicted molar refractivity (Wildman–Crippen MR) is 82.1 cm³/mol. The zero-order valence-corrected chi connectivity index (χ0v) is 12.3. The number of nitrogens with zero attached hydrogens (tertiary/aromatic N) is 2. The summed E-state index contributed by atoms with van der Waals surface area (Å²) in [5, 5.41) is 12.0. The largest absolute Gasteiger partial charge is 0.363 e. The average molecular weight is 282 g/mol. The van der Waals surface area contributed by atoms with Gasteiger partial charge in [0.2, 0.25) is 0 Å². The van der Waals surface area contributed by atoms with Gasteiger partial charge >= 0.3 is 0 Å². The fourth-order valence-corrected chi connectivity index (χ4v) is 1.98. The SMILES string of the molecule is CC(C)c1nc(NC(C)c2ccc(C#N)cc2)cc(=O)[nH]1. The summed E-state index contributed by atoms with van der Waals surface area (Å²) in [4.78, 5) is 18.8. The van der Waals surface area contributed by atoms with Crippen molar-refractivity contribution in [2.75, 3.05) is 5.32 Å². The lowest BCUT2D eigenvalue weighted by molar-refractivity contribution is 0.761. The van der Waals surface area contributed by atoms with Crippen LogP contribution in [0.1, 0.15) is 49.7 Å². The van der Waals surface area contributed by atoms with Gasteiger partial charge in [0.15, 0.2) is 0 Å². The van der Waals surface area contributed by atoms with Crippen LogP contribution in [-0.2, 0) is 0 Å². The van der Waals surface area contributed by atoms with Gasteiger partial charge in [-0.05, 0) is 24.6 Å². The molecule has 1 unspecified atom stereocenters. The van der Waals surface area contributed by atoms with Gasteiger partial charge in [-0.2, -0.15) is 5.26 Å². The molecule has 1 aromatic heterocycles. The first-order valence-corrected chi connectivity index (χ1v) is 6.87. The summed E-state index contributed by atoms with van der Waals surface area (Å²) in [6.07, 6.45) is 0. The van der Waals surface area contributed by atoms with Crippen molar-refractivity contribution in [1.29, 1.82) is 5.26 Å². The maximum absolute atomic E-state index is 11.6. The van der Waals surface area contributed by atoms with Crippen molar-refractivity contribution in [2.24, 2.45) is 0 Å². The molecule has 5 heteroatoms. The molecule has 108 valence electrons. The zero-order valence-electron chi connectivity index (χ0n) is 12.3. The standard InChI is InChI=1S/C16H18N4O/c1-10(2)16-19-14(8-15(21)20-16)18-11(3)13-6-4-12(9-17)5-7-13/h4-8,10-11H,1-3H3,(H2,18,19,20,21). The molecule has 0 amide bonds. The summed E-state index contributed by atoms with van der Waals surface area (Å²) in [5.74, 6) is 1.38. The molecular weight excluding hydrogens is 264 g/mol. The summed E-state index contributed by atoms with van der Waals surface area (Å²) < 4.78 is 0. The van der Waals surface area contributed by atoms with E-state index >= 15 is 0 Å². The van der Waals surface area contributed by atoms with E-state index in [1.54, 1.807) is 12.1 Å². The fourth-order valence-electron chi connectivity index (χ4n) is 1.98. The number of anilines is 1. The Kier molecular flexibility index (Phi) is 4.39. The van der Waals surface area contributed by atoms with E-state index in [1.807, 2.05) is 32.9 Å². The molecule has 5 nitrogen and oxygen atoms in total. The minimum absolute atomic E-state index is 0.00736. The van der Waals surface area contributed by atoms with Crippen LogP contribution in [0.2, 0.25) is 0 Å². The van der Waals surface area contributed by atoms with E-state index in [-0.39, 0.29) is 17.5 Å². The maximum atomic E-state index is 11.6. The summed E-state index contributed by atoms with van der Waals surface area (Å²) in [6.45, 7) is 5.94. The highest BCUT2D eigenvalue weighted by Crippen LogP contribution is 2.18. The van der Waals surface area contributed by atoms with Gasteiger partial charge in [0, 0.05) is 18.0 Å². The number of rotatable bonds is 4. The van der Waals surface area contributed by atoms with Gasteiger partial charge in [-0.25, -0.2) is 4.98 Å². The van der Waals surface area contributed by atoms with Crippen LogP contribution in [0.25, 0.3) is 0 Å². The van der Waals surface area contributed by atoms with Crippen molar-refractivity contribution in [1.82, 2.24) is 9.97 Å². The summed E-state index contributed by atoms with van der Waals surface area (Å²) in [6, 6.07) is 10.9. The number of hydrogen-bond donors (Lipinski definition) is 2. The van der Waals surface area contributed by atoms with Gasteiger partial charge < -0.3 is 10.3 Å². The molecule has 0 saturated heterocycles. The van der Waals surface area contributed by atoms with E-state index < -0.39 is 0 Å². The Bertz CT molecular complexity index is 710. The lowest BCUT2D eigenvalue weighted by Gasteiger charge is -2.16. The summed E-state index contributed by atoms with van der Waals surface area (Å²) in [7, 11) is 0. The Labute approximate surface area is 123 Å². The quantitative estimate of drug-likeness (QED) is 0.903. The molecule has 0 radical (unpaired) electrons. The number of nitriles is 1. The van der Waals surface area contributed by atoms with Crippen LogP contribution in [0.4, 0.5) is 5.82 Å². The lowest BCUT2D eigenvalue weighted by atomic mass is 10.1. The Morgan fingerprint density at radius 2 is 1.90 bits per heavy atom. The highest BCUT2D eigenvalue weighted by molar-refractivity contribution is 5.39. The van der Waals surface area contributed by atoms with E-state index in [2.05, 4.69) is 21.4 Å². The van der Waals surface area contributed by atoms with Crippen LogP contribution in [-0.4, -0.2) is 9.97 Å². The third-order valence-corrected chi connectivity index (χ3v) is 3.21. The number of aromatic nitrogens is 2. The van der Waals surface area contributed by atoms with Gasteiger partial charge in [0.05, 0.1) is 11.6 Å². The van der Waals surface area contributed by atoms with Crippen molar-refractivity contribution >= 4 is 5.82 Å². The minimum Gasteiger partial charge on any atom is -0.363 e. The third kappa shape index (κ3) is 3.69. The van der Waals surface area contributed by atoms with E-state index in [0.29, 0.717) is 17.2 Å². The molecule has 0 saturated carbocycles. The Balaban J connectivity index is 2.20. The Morgan fingerprint density at radius 3 is 2.48 bits per heavy atom. The van der Waals surface area contributed by atoms with Gasteiger partial charge in [-0.1, -0.05) is 26.0 Å². The van der Waals surface area contributed by atoms with E-state index in [4.69, 9.17) is 5.26 Å². The zero-order chi connectivity index (χ0) is 15.4. The monoisotopic (exact) mass is 282 g/mol. The predicted octanol–water partition coefficient (Wildman–Crippen LogP) is 2.94. The highest BCUT2D eigenvalue weighted by atomic mass is 16.1. The first kappa shape index (κ1) is 14.8. The number of hydrogen-bond acceptors (Lipinski definition) is 4. The molecule has 0 aliphatic rings. The average Bonchev–Trinajstić information content (AvgIpc) is 2.46. The second-order valence-electron chi connectivity index (χ2n) is 5.27. The molecule has 0 aliphatic carbocycles. The summed E-state index contributed by atoms with van der Waals surface area (Å²) in [5.41, 5.74) is 1.49. The number of benzene rings is 1. The van der Waals surface area contributed by atoms with Crippen LogP contribution in [0, 0.1) is 11.3 Å². The van der Waals surface area contributed by atoms with E-state index in [0.717, 1.165) is 5.56 Å². The fraction of sp³-hybridized carbons (Fsp3) is 0.312. The van der Waals surface area contributed by atoms with E-state index in [1.165, 1.54) is 6.07 Å². The summed E-state index contributed by atoms with van der Waals surface area (Å²) >= 11 is 0. The normalized spacial score (nSPS) is 12.0. The van der Waals surface area contributed by atoms with Gasteiger partial charge in [0.1, 0.15) is 11.6 Å². The Hall–Kier alpha value is -2.61. The molecule has 0 spiro atoms. The minimum atomic E-state index is -0.164. The van der Waals surface area contributed by atoms with Crippen LogP contribution < -0.4 is 10.9 Å². The van der Waals surface area contributed by atoms with Crippen LogP contribution in [0.5, 0.6) is 0 Å². The van der Waals surface area contributed by atoms with Crippen molar-refractivity contribution in [3.8, 4) is 6.07 Å². The number of aromatic amines is 1. The van der Waals surface area contributed by atoms with Crippen molar-refractivity contribution in [2.45, 2.75) is 32.7 Å².